The van der Waals surface area contributed by atoms with E-state index in [1.807, 2.05) is 0 Å². The fourth-order valence-corrected chi connectivity index (χ4v) is 5.52. The number of hydrogen-bond acceptors (Lipinski definition) is 7. The standard InChI is InChI=1S/C32H33ClN4O7/c33-22-10-4-8-20-15-25(35-27(20)22)31(42)37-24(14-18-11-12-18)30(41)36-23(16-21-9-5-13-34-29(21)40)26(38)17-44-32(43)28(39)19-6-2-1-3-7-19/h1-4,6-8,10,15,18,21,23-24,35H,5,9,11-14,16-17H2,(H,34,40)(H,36,41)(H,37,42)/t21-,23?,24?/m0/s1. The Labute approximate surface area is 258 Å². The van der Waals surface area contributed by atoms with Gasteiger partial charge in [-0.15, -0.1) is 0 Å². The first kappa shape index (κ1) is 30.9. The number of fused-ring (bicyclic) bond motifs is 1. The Balaban J connectivity index is 1.28. The first-order valence-corrected chi connectivity index (χ1v) is 15.0. The number of para-hydroxylation sites is 1. The Morgan fingerprint density at radius 1 is 0.932 bits per heavy atom. The molecule has 44 heavy (non-hydrogen) atoms. The van der Waals surface area contributed by atoms with Crippen LogP contribution < -0.4 is 16.0 Å². The average molecular weight is 621 g/mol. The number of hydrogen-bond donors (Lipinski definition) is 4. The van der Waals surface area contributed by atoms with Crippen LogP contribution in [0.5, 0.6) is 0 Å². The number of rotatable bonds is 13. The minimum absolute atomic E-state index is 0.0226. The Morgan fingerprint density at radius 2 is 1.70 bits per heavy atom. The zero-order chi connectivity index (χ0) is 31.2. The van der Waals surface area contributed by atoms with E-state index in [1.165, 1.54) is 12.1 Å². The van der Waals surface area contributed by atoms with Crippen LogP contribution in [-0.2, 0) is 23.9 Å². The molecule has 230 valence electrons. The van der Waals surface area contributed by atoms with Crippen molar-refractivity contribution < 1.29 is 33.5 Å². The summed E-state index contributed by atoms with van der Waals surface area (Å²) in [5, 5.41) is 9.44. The molecule has 2 aromatic carbocycles. The Bertz CT molecular complexity index is 1580. The van der Waals surface area contributed by atoms with E-state index in [0.717, 1.165) is 18.2 Å². The molecule has 1 aliphatic heterocycles. The summed E-state index contributed by atoms with van der Waals surface area (Å²) in [6.07, 6.45) is 3.40. The summed E-state index contributed by atoms with van der Waals surface area (Å²) in [4.78, 5) is 80.4. The highest BCUT2D eigenvalue weighted by Gasteiger charge is 2.35. The largest absolute Gasteiger partial charge is 0.452 e. The molecule has 1 saturated heterocycles. The molecule has 3 atom stereocenters. The molecule has 1 aliphatic carbocycles. The van der Waals surface area contributed by atoms with Gasteiger partial charge in [0.2, 0.25) is 11.8 Å². The average Bonchev–Trinajstić information content (AvgIpc) is 3.74. The Morgan fingerprint density at radius 3 is 2.41 bits per heavy atom. The van der Waals surface area contributed by atoms with Gasteiger partial charge in [0.25, 0.3) is 11.7 Å². The highest BCUT2D eigenvalue weighted by Crippen LogP contribution is 2.34. The number of piperidine rings is 1. The van der Waals surface area contributed by atoms with Gasteiger partial charge in [-0.25, -0.2) is 4.79 Å². The number of ketones is 2. The number of halogens is 1. The van der Waals surface area contributed by atoms with Crippen LogP contribution in [0.3, 0.4) is 0 Å². The summed E-state index contributed by atoms with van der Waals surface area (Å²) in [7, 11) is 0. The molecule has 2 unspecified atom stereocenters. The van der Waals surface area contributed by atoms with Crippen LogP contribution in [0.25, 0.3) is 10.9 Å². The number of H-pyrrole nitrogens is 1. The minimum atomic E-state index is -1.21. The SMILES string of the molecule is O=C(OCC(=O)C(C[C@@H]1CCCNC1=O)NC(=O)C(CC1CC1)NC(=O)c1cc2cccc(Cl)c2[nH]1)C(=O)c1ccccc1. The first-order valence-electron chi connectivity index (χ1n) is 14.6. The van der Waals surface area contributed by atoms with Crippen molar-refractivity contribution in [1.82, 2.24) is 20.9 Å². The Kier molecular flexibility index (Phi) is 9.74. The number of Topliss-reactive ketones (excluding diaryl/α,β-unsaturated/α-hetero) is 2. The van der Waals surface area contributed by atoms with Gasteiger partial charge in [0.05, 0.1) is 16.6 Å². The number of esters is 1. The summed E-state index contributed by atoms with van der Waals surface area (Å²) >= 11 is 6.24. The molecule has 1 saturated carbocycles. The van der Waals surface area contributed by atoms with Gasteiger partial charge < -0.3 is 25.7 Å². The number of carbonyl (C=O) groups excluding carboxylic acids is 6. The molecule has 11 nitrogen and oxygen atoms in total. The topological polar surface area (TPSA) is 164 Å². The molecule has 12 heteroatoms. The first-order chi connectivity index (χ1) is 21.2. The molecule has 2 fully saturated rings. The second-order valence-corrected chi connectivity index (χ2v) is 11.7. The van der Waals surface area contributed by atoms with Gasteiger partial charge in [-0.1, -0.05) is 66.9 Å². The van der Waals surface area contributed by atoms with Gasteiger partial charge in [-0.2, -0.15) is 0 Å². The molecule has 1 aromatic heterocycles. The lowest BCUT2D eigenvalue weighted by Gasteiger charge is -2.27. The second kappa shape index (κ2) is 13.9. The molecule has 2 heterocycles. The summed E-state index contributed by atoms with van der Waals surface area (Å²) in [5.74, 6) is -4.44. The number of amides is 3. The van der Waals surface area contributed by atoms with Crippen molar-refractivity contribution in [2.45, 2.75) is 50.6 Å². The van der Waals surface area contributed by atoms with E-state index in [9.17, 15) is 28.8 Å². The van der Waals surface area contributed by atoms with Crippen molar-refractivity contribution in [1.29, 1.82) is 0 Å². The van der Waals surface area contributed by atoms with Crippen molar-refractivity contribution in [3.05, 3.63) is 70.9 Å². The second-order valence-electron chi connectivity index (χ2n) is 11.3. The summed E-state index contributed by atoms with van der Waals surface area (Å²) in [6.45, 7) is -0.250. The van der Waals surface area contributed by atoms with E-state index in [2.05, 4.69) is 20.9 Å². The summed E-state index contributed by atoms with van der Waals surface area (Å²) < 4.78 is 5.02. The predicted molar refractivity (Wildman–Crippen MR) is 161 cm³/mol. The van der Waals surface area contributed by atoms with Gasteiger partial charge in [0, 0.05) is 23.4 Å². The summed E-state index contributed by atoms with van der Waals surface area (Å²) in [6, 6.07) is 12.5. The zero-order valence-electron chi connectivity index (χ0n) is 23.9. The normalized spacial score (nSPS) is 17.7. The third kappa shape index (κ3) is 7.71. The number of aromatic nitrogens is 1. The third-order valence-electron chi connectivity index (χ3n) is 7.93. The van der Waals surface area contributed by atoms with E-state index in [4.69, 9.17) is 16.3 Å². The molecule has 0 spiro atoms. The van der Waals surface area contributed by atoms with Crippen LogP contribution in [0, 0.1) is 11.8 Å². The molecule has 0 radical (unpaired) electrons. The van der Waals surface area contributed by atoms with Crippen molar-refractivity contribution in [2.24, 2.45) is 11.8 Å². The maximum Gasteiger partial charge on any atom is 0.380 e. The van der Waals surface area contributed by atoms with Crippen LogP contribution in [0.15, 0.2) is 54.6 Å². The number of aromatic amines is 1. The predicted octanol–water partition coefficient (Wildman–Crippen LogP) is 3.12. The quantitative estimate of drug-likeness (QED) is 0.130. The molecular formula is C32H33ClN4O7. The lowest BCUT2D eigenvalue weighted by Crippen LogP contribution is -2.53. The van der Waals surface area contributed by atoms with Crippen LogP contribution in [0.1, 0.15) is 59.4 Å². The van der Waals surface area contributed by atoms with Gasteiger partial charge in [0.1, 0.15) is 11.7 Å². The van der Waals surface area contributed by atoms with Gasteiger partial charge >= 0.3 is 5.97 Å². The van der Waals surface area contributed by atoms with E-state index in [1.54, 1.807) is 42.5 Å². The summed E-state index contributed by atoms with van der Waals surface area (Å²) in [5.41, 5.74) is 0.937. The third-order valence-corrected chi connectivity index (χ3v) is 8.24. The molecule has 5 rings (SSSR count). The monoisotopic (exact) mass is 620 g/mol. The molecule has 4 N–H and O–H groups in total. The van der Waals surface area contributed by atoms with E-state index in [0.29, 0.717) is 36.3 Å². The van der Waals surface area contributed by atoms with Gasteiger partial charge in [0.15, 0.2) is 12.4 Å². The van der Waals surface area contributed by atoms with E-state index >= 15 is 0 Å². The van der Waals surface area contributed by atoms with Crippen LogP contribution in [0.2, 0.25) is 5.02 Å². The molecule has 2 aliphatic rings. The molecular weight excluding hydrogens is 588 g/mol. The van der Waals surface area contributed by atoms with Crippen molar-refractivity contribution in [3.8, 4) is 0 Å². The lowest BCUT2D eigenvalue weighted by molar-refractivity contribution is -0.144. The highest BCUT2D eigenvalue weighted by atomic mass is 35.5. The number of benzene rings is 2. The minimum Gasteiger partial charge on any atom is -0.452 e. The van der Waals surface area contributed by atoms with Gasteiger partial charge in [-0.3, -0.25) is 24.0 Å². The van der Waals surface area contributed by atoms with E-state index in [-0.39, 0.29) is 29.5 Å². The van der Waals surface area contributed by atoms with E-state index < -0.39 is 54.0 Å². The molecule has 3 amide bonds. The zero-order valence-corrected chi connectivity index (χ0v) is 24.7. The maximum absolute atomic E-state index is 13.6. The smallest absolute Gasteiger partial charge is 0.380 e. The fraction of sp³-hybridized carbons (Fsp3) is 0.375. The molecule has 3 aromatic rings. The highest BCUT2D eigenvalue weighted by molar-refractivity contribution is 6.40. The maximum atomic E-state index is 13.6. The number of carbonyl (C=O) groups is 6. The van der Waals surface area contributed by atoms with Crippen LogP contribution >= 0.6 is 11.6 Å². The van der Waals surface area contributed by atoms with Gasteiger partial charge in [-0.05, 0) is 43.7 Å². The fourth-order valence-electron chi connectivity index (χ4n) is 5.29. The Hall–Kier alpha value is -4.51. The van der Waals surface area contributed by atoms with Crippen molar-refractivity contribution in [3.63, 3.8) is 0 Å². The van der Waals surface area contributed by atoms with Crippen LogP contribution in [0.4, 0.5) is 0 Å². The van der Waals surface area contributed by atoms with Crippen LogP contribution in [-0.4, -0.2) is 65.5 Å². The molecule has 0 bridgehead atoms. The number of ether oxygens (including phenoxy) is 1. The number of nitrogens with one attached hydrogen (secondary N) is 4. The van der Waals surface area contributed by atoms with Crippen molar-refractivity contribution in [2.75, 3.05) is 13.2 Å². The van der Waals surface area contributed by atoms with Crippen molar-refractivity contribution >= 4 is 57.8 Å². The lowest BCUT2D eigenvalue weighted by atomic mass is 9.90.